The third-order valence-corrected chi connectivity index (χ3v) is 2.64. The fourth-order valence-electron chi connectivity index (χ4n) is 1.45. The molecule has 0 saturated carbocycles. The molecule has 0 saturated heterocycles. The topological polar surface area (TPSA) is 70.0 Å². The van der Waals surface area contributed by atoms with Gasteiger partial charge in [0.2, 0.25) is 0 Å². The van der Waals surface area contributed by atoms with Gasteiger partial charge in [-0.15, -0.1) is 11.6 Å². The summed E-state index contributed by atoms with van der Waals surface area (Å²) in [4.78, 5) is 23.1. The largest absolute Gasteiger partial charge is 0.393 e. The van der Waals surface area contributed by atoms with Crippen molar-refractivity contribution in [2.75, 3.05) is 11.6 Å². The lowest BCUT2D eigenvalue weighted by molar-refractivity contribution is 0.648. The van der Waals surface area contributed by atoms with E-state index in [0.29, 0.717) is 24.4 Å². The second-order valence-corrected chi connectivity index (χ2v) is 3.74. The van der Waals surface area contributed by atoms with Crippen molar-refractivity contribution in [3.05, 3.63) is 26.5 Å². The molecule has 0 atom stereocenters. The molecule has 1 heterocycles. The first-order chi connectivity index (χ1) is 7.00. The number of alkyl halides is 1. The summed E-state index contributed by atoms with van der Waals surface area (Å²) in [6.07, 6.45) is 1.23. The fraction of sp³-hybridized carbons (Fsp3) is 0.556. The van der Waals surface area contributed by atoms with Gasteiger partial charge in [-0.3, -0.25) is 13.9 Å². The molecule has 0 amide bonds. The highest BCUT2D eigenvalue weighted by molar-refractivity contribution is 6.17. The van der Waals surface area contributed by atoms with Crippen molar-refractivity contribution in [3.8, 4) is 0 Å². The predicted octanol–water partition coefficient (Wildman–Crippen LogP) is -0.162. The van der Waals surface area contributed by atoms with E-state index in [1.807, 2.05) is 0 Å². The van der Waals surface area contributed by atoms with Gasteiger partial charge in [0.25, 0.3) is 5.56 Å². The number of aromatic nitrogens is 2. The Morgan fingerprint density at radius 2 is 1.87 bits per heavy atom. The van der Waals surface area contributed by atoms with Crippen molar-refractivity contribution in [1.29, 1.82) is 0 Å². The Labute approximate surface area is 92.1 Å². The maximum Gasteiger partial charge on any atom is 0.330 e. The number of hydrogen-bond donors (Lipinski definition) is 1. The lowest BCUT2D eigenvalue weighted by Gasteiger charge is -2.11. The van der Waals surface area contributed by atoms with Crippen molar-refractivity contribution in [3.63, 3.8) is 0 Å². The van der Waals surface area contributed by atoms with Crippen molar-refractivity contribution in [1.82, 2.24) is 9.13 Å². The van der Waals surface area contributed by atoms with Gasteiger partial charge in [0.15, 0.2) is 0 Å². The van der Waals surface area contributed by atoms with Crippen LogP contribution in [0.15, 0.2) is 9.59 Å². The van der Waals surface area contributed by atoms with Crippen LogP contribution in [0.4, 0.5) is 5.69 Å². The van der Waals surface area contributed by atoms with Crippen LogP contribution in [0, 0.1) is 0 Å². The Bertz CT molecular complexity index is 438. The van der Waals surface area contributed by atoms with E-state index in [9.17, 15) is 9.59 Å². The molecule has 0 fully saturated rings. The summed E-state index contributed by atoms with van der Waals surface area (Å²) in [6, 6.07) is 0. The molecule has 15 heavy (non-hydrogen) atoms. The standard InChI is InChI=1S/C9H14ClN3O2/c1-12-6(4-3-5-10)7(11)8(14)13(2)9(12)15/h3-5,11H2,1-2H3. The van der Waals surface area contributed by atoms with E-state index in [0.717, 1.165) is 4.57 Å². The van der Waals surface area contributed by atoms with Gasteiger partial charge in [-0.1, -0.05) is 0 Å². The summed E-state index contributed by atoms with van der Waals surface area (Å²) in [5.74, 6) is 0.475. The molecule has 0 aromatic carbocycles. The van der Waals surface area contributed by atoms with Crippen LogP contribution in [0.3, 0.4) is 0 Å². The van der Waals surface area contributed by atoms with Gasteiger partial charge in [-0.25, -0.2) is 4.79 Å². The Hall–Kier alpha value is -1.23. The quantitative estimate of drug-likeness (QED) is 0.735. The van der Waals surface area contributed by atoms with Crippen molar-refractivity contribution in [2.24, 2.45) is 14.1 Å². The third-order valence-electron chi connectivity index (χ3n) is 2.37. The van der Waals surface area contributed by atoms with Gasteiger partial charge in [0.1, 0.15) is 5.69 Å². The second-order valence-electron chi connectivity index (χ2n) is 3.36. The molecule has 5 nitrogen and oxygen atoms in total. The zero-order valence-corrected chi connectivity index (χ0v) is 9.54. The van der Waals surface area contributed by atoms with Crippen LogP contribution in [0.25, 0.3) is 0 Å². The summed E-state index contributed by atoms with van der Waals surface area (Å²) < 4.78 is 2.39. The van der Waals surface area contributed by atoms with Crippen molar-refractivity contribution >= 4 is 17.3 Å². The van der Waals surface area contributed by atoms with E-state index >= 15 is 0 Å². The summed E-state index contributed by atoms with van der Waals surface area (Å²) in [5.41, 5.74) is 5.54. The van der Waals surface area contributed by atoms with Gasteiger partial charge >= 0.3 is 5.69 Å². The summed E-state index contributed by atoms with van der Waals surface area (Å²) in [6.45, 7) is 0. The Morgan fingerprint density at radius 1 is 1.27 bits per heavy atom. The normalized spacial score (nSPS) is 10.6. The van der Waals surface area contributed by atoms with Crippen LogP contribution < -0.4 is 17.0 Å². The number of rotatable bonds is 3. The summed E-state index contributed by atoms with van der Waals surface area (Å²) in [7, 11) is 3.01. The zero-order chi connectivity index (χ0) is 11.6. The average Bonchev–Trinajstić information content (AvgIpc) is 2.24. The van der Waals surface area contributed by atoms with Crippen LogP contribution >= 0.6 is 11.6 Å². The minimum atomic E-state index is -0.442. The first-order valence-electron chi connectivity index (χ1n) is 4.61. The number of halogens is 1. The molecule has 0 aliphatic heterocycles. The van der Waals surface area contributed by atoms with E-state index in [1.54, 1.807) is 7.05 Å². The van der Waals surface area contributed by atoms with E-state index in [1.165, 1.54) is 11.6 Å². The number of nitrogen functional groups attached to an aromatic ring is 1. The molecule has 0 unspecified atom stereocenters. The van der Waals surface area contributed by atoms with E-state index in [-0.39, 0.29) is 11.4 Å². The Kier molecular flexibility index (Phi) is 3.57. The van der Waals surface area contributed by atoms with Crippen LogP contribution in [0.1, 0.15) is 12.1 Å². The lowest BCUT2D eigenvalue weighted by atomic mass is 10.2. The van der Waals surface area contributed by atoms with Gasteiger partial charge < -0.3 is 5.73 Å². The molecule has 6 heteroatoms. The molecule has 0 bridgehead atoms. The minimum absolute atomic E-state index is 0.129. The molecule has 1 aromatic heterocycles. The number of anilines is 1. The highest BCUT2D eigenvalue weighted by atomic mass is 35.5. The molecule has 84 valence electrons. The molecular formula is C9H14ClN3O2. The SMILES string of the molecule is Cn1c(CCCCl)c(N)c(=O)n(C)c1=O. The maximum atomic E-state index is 11.6. The van der Waals surface area contributed by atoms with Crippen LogP contribution in [-0.4, -0.2) is 15.0 Å². The molecule has 0 radical (unpaired) electrons. The number of nitrogens with zero attached hydrogens (tertiary/aromatic N) is 2. The second kappa shape index (κ2) is 4.53. The van der Waals surface area contributed by atoms with Gasteiger partial charge in [0, 0.05) is 20.0 Å². The van der Waals surface area contributed by atoms with Crippen LogP contribution in [0.2, 0.25) is 0 Å². The number of hydrogen-bond acceptors (Lipinski definition) is 3. The average molecular weight is 232 g/mol. The predicted molar refractivity (Wildman–Crippen MR) is 60.4 cm³/mol. The van der Waals surface area contributed by atoms with Crippen molar-refractivity contribution in [2.45, 2.75) is 12.8 Å². The summed E-state index contributed by atoms with van der Waals surface area (Å²) >= 11 is 5.56. The first kappa shape index (κ1) is 11.8. The lowest BCUT2D eigenvalue weighted by Crippen LogP contribution is -2.40. The minimum Gasteiger partial charge on any atom is -0.393 e. The van der Waals surface area contributed by atoms with Crippen LogP contribution in [0.5, 0.6) is 0 Å². The monoisotopic (exact) mass is 231 g/mol. The van der Waals surface area contributed by atoms with Crippen LogP contribution in [-0.2, 0) is 20.5 Å². The molecule has 0 spiro atoms. The Morgan fingerprint density at radius 3 is 2.40 bits per heavy atom. The van der Waals surface area contributed by atoms with Gasteiger partial charge in [0.05, 0.1) is 5.69 Å². The Balaban J connectivity index is 3.39. The molecule has 1 rings (SSSR count). The molecule has 2 N–H and O–H groups in total. The zero-order valence-electron chi connectivity index (χ0n) is 8.79. The first-order valence-corrected chi connectivity index (χ1v) is 5.14. The summed E-state index contributed by atoms with van der Waals surface area (Å²) in [5, 5.41) is 0. The number of nitrogens with two attached hydrogens (primary N) is 1. The van der Waals surface area contributed by atoms with E-state index < -0.39 is 5.56 Å². The van der Waals surface area contributed by atoms with Gasteiger partial charge in [-0.2, -0.15) is 0 Å². The van der Waals surface area contributed by atoms with Gasteiger partial charge in [-0.05, 0) is 12.8 Å². The highest BCUT2D eigenvalue weighted by Gasteiger charge is 2.11. The highest BCUT2D eigenvalue weighted by Crippen LogP contribution is 2.06. The molecule has 0 aliphatic rings. The van der Waals surface area contributed by atoms with E-state index in [2.05, 4.69) is 0 Å². The van der Waals surface area contributed by atoms with E-state index in [4.69, 9.17) is 17.3 Å². The fourth-order valence-corrected chi connectivity index (χ4v) is 1.58. The molecular weight excluding hydrogens is 218 g/mol. The van der Waals surface area contributed by atoms with Crippen molar-refractivity contribution < 1.29 is 0 Å². The molecule has 1 aromatic rings. The molecule has 0 aliphatic carbocycles. The smallest absolute Gasteiger partial charge is 0.330 e. The maximum absolute atomic E-state index is 11.6. The third kappa shape index (κ3) is 2.07.